The molecule has 2 rings (SSSR count). The third-order valence-corrected chi connectivity index (χ3v) is 6.90. The lowest BCUT2D eigenvalue weighted by molar-refractivity contribution is 0.720. The van der Waals surface area contributed by atoms with Crippen molar-refractivity contribution in [1.82, 2.24) is 0 Å². The second kappa shape index (κ2) is 4.13. The molecule has 0 bridgehead atoms. The van der Waals surface area contributed by atoms with Crippen LogP contribution in [0.1, 0.15) is 30.7 Å². The van der Waals surface area contributed by atoms with Crippen LogP contribution in [0.4, 0.5) is 0 Å². The Labute approximate surface area is 94.7 Å². The van der Waals surface area contributed by atoms with Gasteiger partial charge in [0.1, 0.15) is 0 Å². The topological polar surface area (TPSA) is 0 Å². The Hall–Kier alpha value is -0.563. The summed E-state index contributed by atoms with van der Waals surface area (Å²) in [5.41, 5.74) is 2.61. The Morgan fingerprint density at radius 1 is 1.00 bits per heavy atom. The van der Waals surface area contributed by atoms with Crippen molar-refractivity contribution in [2.45, 2.75) is 50.4 Å². The normalized spacial score (nSPS) is 26.9. The highest BCUT2D eigenvalue weighted by molar-refractivity contribution is 6.77. The quantitative estimate of drug-likeness (QED) is 0.633. The maximum atomic E-state index is 2.52. The van der Waals surface area contributed by atoms with Gasteiger partial charge in [0.2, 0.25) is 0 Å². The molecule has 1 aliphatic carbocycles. The minimum atomic E-state index is -0.899. The summed E-state index contributed by atoms with van der Waals surface area (Å²) in [4.78, 5) is 0. The molecule has 0 heterocycles. The van der Waals surface area contributed by atoms with E-state index in [-0.39, 0.29) is 0 Å². The fourth-order valence-corrected chi connectivity index (χ4v) is 4.82. The van der Waals surface area contributed by atoms with E-state index in [0.717, 1.165) is 11.5 Å². The predicted octanol–water partition coefficient (Wildman–Crippen LogP) is 4.66. The molecule has 0 aliphatic heterocycles. The first-order valence-corrected chi connectivity index (χ1v) is 9.70. The van der Waals surface area contributed by atoms with Crippen LogP contribution in [0.2, 0.25) is 25.2 Å². The van der Waals surface area contributed by atoms with Gasteiger partial charge in [-0.15, -0.1) is 0 Å². The molecule has 82 valence electrons. The molecule has 0 aromatic heterocycles. The standard InChI is InChI=1S/C14H22Si/c1-15(2,3)14-10-9-13(11-14)12-7-5-4-6-8-12/h4-8,13-14H,9-11H2,1-3H3. The van der Waals surface area contributed by atoms with E-state index in [1.54, 1.807) is 5.56 Å². The molecule has 15 heavy (non-hydrogen) atoms. The number of hydrogen-bond donors (Lipinski definition) is 0. The summed E-state index contributed by atoms with van der Waals surface area (Å²) in [5.74, 6) is 0.850. The van der Waals surface area contributed by atoms with Gasteiger partial charge in [0.25, 0.3) is 0 Å². The lowest BCUT2D eigenvalue weighted by Crippen LogP contribution is -2.26. The summed E-state index contributed by atoms with van der Waals surface area (Å²) in [7, 11) is -0.899. The van der Waals surface area contributed by atoms with Crippen LogP contribution in [0.3, 0.4) is 0 Å². The molecule has 1 saturated carbocycles. The monoisotopic (exact) mass is 218 g/mol. The van der Waals surface area contributed by atoms with Gasteiger partial charge in [-0.25, -0.2) is 0 Å². The SMILES string of the molecule is C[Si](C)(C)C1CCC(c2ccccc2)C1. The molecule has 1 heteroatoms. The maximum absolute atomic E-state index is 2.52. The first kappa shape index (κ1) is 10.9. The average Bonchev–Trinajstić information content (AvgIpc) is 2.67. The van der Waals surface area contributed by atoms with Gasteiger partial charge >= 0.3 is 0 Å². The van der Waals surface area contributed by atoms with Gasteiger partial charge in [-0.2, -0.15) is 0 Å². The molecule has 0 radical (unpaired) electrons. The highest BCUT2D eigenvalue weighted by Crippen LogP contribution is 2.46. The summed E-state index contributed by atoms with van der Waals surface area (Å²) < 4.78 is 0. The Morgan fingerprint density at radius 3 is 2.20 bits per heavy atom. The van der Waals surface area contributed by atoms with E-state index in [1.807, 2.05) is 0 Å². The summed E-state index contributed by atoms with van der Waals surface area (Å²) in [6, 6.07) is 11.1. The zero-order chi connectivity index (χ0) is 10.9. The van der Waals surface area contributed by atoms with Crippen molar-refractivity contribution in [3.63, 3.8) is 0 Å². The van der Waals surface area contributed by atoms with Crippen LogP contribution in [0.15, 0.2) is 30.3 Å². The minimum absolute atomic E-state index is 0.850. The fraction of sp³-hybridized carbons (Fsp3) is 0.571. The van der Waals surface area contributed by atoms with Crippen LogP contribution in [0.5, 0.6) is 0 Å². The van der Waals surface area contributed by atoms with Crippen molar-refractivity contribution in [3.8, 4) is 0 Å². The minimum Gasteiger partial charge on any atom is -0.0693 e. The first-order valence-electron chi connectivity index (χ1n) is 6.12. The van der Waals surface area contributed by atoms with Gasteiger partial charge in [0, 0.05) is 8.07 Å². The zero-order valence-corrected chi connectivity index (χ0v) is 11.2. The highest BCUT2D eigenvalue weighted by Gasteiger charge is 2.34. The number of benzene rings is 1. The Bertz CT molecular complexity index is 310. The molecule has 0 N–H and O–H groups in total. The van der Waals surface area contributed by atoms with Gasteiger partial charge in [-0.05, 0) is 29.9 Å². The fourth-order valence-electron chi connectivity index (χ4n) is 2.80. The molecular weight excluding hydrogens is 196 g/mol. The molecule has 2 atom stereocenters. The molecule has 2 unspecified atom stereocenters. The second-order valence-corrected chi connectivity index (χ2v) is 11.5. The highest BCUT2D eigenvalue weighted by atomic mass is 28.3. The molecule has 1 aliphatic rings. The van der Waals surface area contributed by atoms with Gasteiger partial charge in [-0.1, -0.05) is 56.4 Å². The Balaban J connectivity index is 2.05. The maximum Gasteiger partial charge on any atom is 0.0474 e. The summed E-state index contributed by atoms with van der Waals surface area (Å²) >= 11 is 0. The predicted molar refractivity (Wildman–Crippen MR) is 70.1 cm³/mol. The van der Waals surface area contributed by atoms with Gasteiger partial charge in [0.05, 0.1) is 0 Å². The van der Waals surface area contributed by atoms with Crippen molar-refractivity contribution < 1.29 is 0 Å². The van der Waals surface area contributed by atoms with E-state index in [0.29, 0.717) is 0 Å². The van der Waals surface area contributed by atoms with Crippen LogP contribution in [0, 0.1) is 0 Å². The Morgan fingerprint density at radius 2 is 1.67 bits per heavy atom. The van der Waals surface area contributed by atoms with Crippen LogP contribution in [0.25, 0.3) is 0 Å². The van der Waals surface area contributed by atoms with Crippen molar-refractivity contribution in [1.29, 1.82) is 0 Å². The average molecular weight is 218 g/mol. The third-order valence-electron chi connectivity index (χ3n) is 3.93. The molecule has 0 nitrogen and oxygen atoms in total. The molecule has 0 amide bonds. The summed E-state index contributed by atoms with van der Waals surface area (Å²) in [6.45, 7) is 7.56. The smallest absolute Gasteiger partial charge is 0.0474 e. The number of hydrogen-bond acceptors (Lipinski definition) is 0. The van der Waals surface area contributed by atoms with Gasteiger partial charge in [0.15, 0.2) is 0 Å². The molecule has 1 aromatic carbocycles. The molecule has 1 fully saturated rings. The lowest BCUT2D eigenvalue weighted by Gasteiger charge is -2.24. The van der Waals surface area contributed by atoms with Crippen molar-refractivity contribution in [3.05, 3.63) is 35.9 Å². The van der Waals surface area contributed by atoms with Gasteiger partial charge < -0.3 is 0 Å². The summed E-state index contributed by atoms with van der Waals surface area (Å²) in [5, 5.41) is 0. The van der Waals surface area contributed by atoms with E-state index >= 15 is 0 Å². The van der Waals surface area contributed by atoms with Crippen molar-refractivity contribution in [2.75, 3.05) is 0 Å². The lowest BCUT2D eigenvalue weighted by atomic mass is 9.98. The zero-order valence-electron chi connectivity index (χ0n) is 10.2. The second-order valence-electron chi connectivity index (χ2n) is 5.98. The summed E-state index contributed by atoms with van der Waals surface area (Å²) in [6.07, 6.45) is 4.33. The van der Waals surface area contributed by atoms with Crippen LogP contribution >= 0.6 is 0 Å². The van der Waals surface area contributed by atoms with Crippen molar-refractivity contribution >= 4 is 8.07 Å². The molecular formula is C14H22Si. The molecule has 0 spiro atoms. The van der Waals surface area contributed by atoms with Crippen LogP contribution in [-0.2, 0) is 0 Å². The van der Waals surface area contributed by atoms with E-state index in [2.05, 4.69) is 50.0 Å². The van der Waals surface area contributed by atoms with Crippen LogP contribution in [-0.4, -0.2) is 8.07 Å². The van der Waals surface area contributed by atoms with Crippen molar-refractivity contribution in [2.24, 2.45) is 0 Å². The first-order chi connectivity index (χ1) is 7.07. The van der Waals surface area contributed by atoms with Gasteiger partial charge in [-0.3, -0.25) is 0 Å². The largest absolute Gasteiger partial charge is 0.0693 e. The van der Waals surface area contributed by atoms with Crippen LogP contribution < -0.4 is 0 Å². The Kier molecular flexibility index (Phi) is 3.01. The molecule has 0 saturated heterocycles. The third kappa shape index (κ3) is 2.51. The van der Waals surface area contributed by atoms with E-state index in [9.17, 15) is 0 Å². The molecule has 1 aromatic rings. The van der Waals surface area contributed by atoms with E-state index in [1.165, 1.54) is 19.3 Å². The number of rotatable bonds is 2. The van der Waals surface area contributed by atoms with E-state index in [4.69, 9.17) is 0 Å². The van der Waals surface area contributed by atoms with E-state index < -0.39 is 8.07 Å².